The number of amides is 1. The molecule has 1 aliphatic rings. The van der Waals surface area contributed by atoms with Crippen LogP contribution in [-0.2, 0) is 4.79 Å². The van der Waals surface area contributed by atoms with Crippen molar-refractivity contribution >= 4 is 28.5 Å². The summed E-state index contributed by atoms with van der Waals surface area (Å²) < 4.78 is 10.9. The van der Waals surface area contributed by atoms with E-state index in [2.05, 4.69) is 11.9 Å². The first kappa shape index (κ1) is 18.3. The van der Waals surface area contributed by atoms with Crippen LogP contribution in [0.25, 0.3) is 0 Å². The van der Waals surface area contributed by atoms with Crippen molar-refractivity contribution in [1.29, 1.82) is 0 Å². The van der Waals surface area contributed by atoms with Gasteiger partial charge in [0.1, 0.15) is 0 Å². The molecule has 1 aliphatic heterocycles. The second kappa shape index (κ2) is 8.27. The largest absolute Gasteiger partial charge is 0.493 e. The minimum absolute atomic E-state index is 0.0551. The summed E-state index contributed by atoms with van der Waals surface area (Å²) >= 11 is 1.61. The summed E-state index contributed by atoms with van der Waals surface area (Å²) in [6.07, 6.45) is 0. The van der Waals surface area contributed by atoms with E-state index in [0.29, 0.717) is 23.3 Å². The number of aryl methyl sites for hydroxylation is 1. The molecule has 6 heteroatoms. The van der Waals surface area contributed by atoms with Crippen LogP contribution in [0.2, 0.25) is 0 Å². The van der Waals surface area contributed by atoms with E-state index in [1.165, 1.54) is 0 Å². The zero-order chi connectivity index (χ0) is 18.5. The van der Waals surface area contributed by atoms with Crippen LogP contribution in [0.3, 0.4) is 0 Å². The summed E-state index contributed by atoms with van der Waals surface area (Å²) in [4.78, 5) is 19.1. The molecule has 0 saturated carbocycles. The van der Waals surface area contributed by atoms with Gasteiger partial charge in [0.05, 0.1) is 12.8 Å². The monoisotopic (exact) mass is 370 g/mol. The molecule has 1 heterocycles. The van der Waals surface area contributed by atoms with E-state index in [-0.39, 0.29) is 12.5 Å². The molecule has 0 aliphatic carbocycles. The van der Waals surface area contributed by atoms with Gasteiger partial charge in [0.25, 0.3) is 5.91 Å². The van der Waals surface area contributed by atoms with Gasteiger partial charge in [-0.2, -0.15) is 0 Å². The van der Waals surface area contributed by atoms with Gasteiger partial charge < -0.3 is 9.47 Å². The highest BCUT2D eigenvalue weighted by Crippen LogP contribution is 2.29. The maximum Gasteiger partial charge on any atom is 0.266 e. The van der Waals surface area contributed by atoms with Crippen molar-refractivity contribution in [2.45, 2.75) is 19.1 Å². The number of hydrogen-bond donors (Lipinski definition) is 0. The number of methoxy groups -OCH3 is 1. The number of thioether (sulfide) groups is 1. The lowest BCUT2D eigenvalue weighted by Crippen LogP contribution is -2.36. The summed E-state index contributed by atoms with van der Waals surface area (Å²) in [5.41, 5.74) is 1.99. The molecule has 1 amide bonds. The first-order chi connectivity index (χ1) is 12.6. The van der Waals surface area contributed by atoms with Crippen LogP contribution in [-0.4, -0.2) is 41.5 Å². The number of hydrogen-bond acceptors (Lipinski definition) is 5. The maximum absolute atomic E-state index is 12.7. The SMILES string of the molecule is COc1ccccc1OCC(=O)N1C[C@@H](C)SC1=Nc1cccc(C)c1. The van der Waals surface area contributed by atoms with Crippen molar-refractivity contribution in [2.75, 3.05) is 20.3 Å². The molecule has 0 unspecified atom stereocenters. The quantitative estimate of drug-likeness (QED) is 0.797. The minimum atomic E-state index is -0.112. The molecule has 2 aromatic rings. The van der Waals surface area contributed by atoms with Gasteiger partial charge in [0, 0.05) is 11.8 Å². The number of rotatable bonds is 5. The van der Waals surface area contributed by atoms with E-state index in [4.69, 9.17) is 9.47 Å². The Balaban J connectivity index is 1.72. The van der Waals surface area contributed by atoms with Crippen molar-refractivity contribution in [3.05, 3.63) is 54.1 Å². The molecule has 1 atom stereocenters. The summed E-state index contributed by atoms with van der Waals surface area (Å²) in [6.45, 7) is 4.69. The van der Waals surface area contributed by atoms with E-state index in [1.54, 1.807) is 35.9 Å². The van der Waals surface area contributed by atoms with Crippen LogP contribution in [0.15, 0.2) is 53.5 Å². The Morgan fingerprint density at radius 1 is 1.23 bits per heavy atom. The fourth-order valence-corrected chi connectivity index (χ4v) is 3.72. The molecule has 0 spiro atoms. The van der Waals surface area contributed by atoms with Crippen molar-refractivity contribution in [1.82, 2.24) is 4.90 Å². The Morgan fingerprint density at radius 2 is 2.00 bits per heavy atom. The van der Waals surface area contributed by atoms with Gasteiger partial charge >= 0.3 is 0 Å². The van der Waals surface area contributed by atoms with Gasteiger partial charge in [-0.25, -0.2) is 4.99 Å². The lowest BCUT2D eigenvalue weighted by molar-refractivity contribution is -0.129. The summed E-state index contributed by atoms with van der Waals surface area (Å²) in [6, 6.07) is 15.2. The van der Waals surface area contributed by atoms with Crippen molar-refractivity contribution < 1.29 is 14.3 Å². The van der Waals surface area contributed by atoms with Crippen LogP contribution in [0.4, 0.5) is 5.69 Å². The summed E-state index contributed by atoms with van der Waals surface area (Å²) in [5.74, 6) is 1.05. The highest BCUT2D eigenvalue weighted by Gasteiger charge is 2.31. The fourth-order valence-electron chi connectivity index (χ4n) is 2.67. The van der Waals surface area contributed by atoms with Gasteiger partial charge in [0.15, 0.2) is 23.3 Å². The molecule has 2 aromatic carbocycles. The third-order valence-electron chi connectivity index (χ3n) is 3.92. The number of ether oxygens (including phenoxy) is 2. The third-order valence-corrected chi connectivity index (χ3v) is 5.00. The number of amidine groups is 1. The smallest absolute Gasteiger partial charge is 0.266 e. The number of nitrogens with zero attached hydrogens (tertiary/aromatic N) is 2. The first-order valence-electron chi connectivity index (χ1n) is 8.45. The predicted molar refractivity (Wildman–Crippen MR) is 106 cm³/mol. The van der Waals surface area contributed by atoms with Gasteiger partial charge in [-0.15, -0.1) is 0 Å². The Bertz CT molecular complexity index is 822. The molecule has 26 heavy (non-hydrogen) atoms. The molecule has 1 fully saturated rings. The van der Waals surface area contributed by atoms with Crippen molar-refractivity contribution in [3.8, 4) is 11.5 Å². The fraction of sp³-hybridized carbons (Fsp3) is 0.300. The molecule has 3 rings (SSSR count). The second-order valence-electron chi connectivity index (χ2n) is 6.11. The van der Waals surface area contributed by atoms with E-state index in [0.717, 1.165) is 16.4 Å². The number of carbonyl (C=O) groups excluding carboxylic acids is 1. The van der Waals surface area contributed by atoms with E-state index >= 15 is 0 Å². The average molecular weight is 370 g/mol. The number of aliphatic imine (C=N–C) groups is 1. The van der Waals surface area contributed by atoms with Crippen LogP contribution in [0, 0.1) is 6.92 Å². The molecule has 0 N–H and O–H groups in total. The third kappa shape index (κ3) is 4.38. The molecular weight excluding hydrogens is 348 g/mol. The van der Waals surface area contributed by atoms with Crippen molar-refractivity contribution in [2.24, 2.45) is 4.99 Å². The predicted octanol–water partition coefficient (Wildman–Crippen LogP) is 4.03. The number of benzene rings is 2. The van der Waals surface area contributed by atoms with Crippen LogP contribution in [0.1, 0.15) is 12.5 Å². The van der Waals surface area contributed by atoms with Gasteiger partial charge in [-0.05, 0) is 36.8 Å². The molecular formula is C20H22N2O3S. The van der Waals surface area contributed by atoms with Crippen LogP contribution in [0.5, 0.6) is 11.5 Å². The Morgan fingerprint density at radius 3 is 2.73 bits per heavy atom. The number of carbonyl (C=O) groups is 1. The Labute approximate surface area is 158 Å². The molecule has 0 aromatic heterocycles. The molecule has 1 saturated heterocycles. The van der Waals surface area contributed by atoms with Gasteiger partial charge in [-0.3, -0.25) is 9.69 Å². The lowest BCUT2D eigenvalue weighted by atomic mass is 10.2. The minimum Gasteiger partial charge on any atom is -0.493 e. The topological polar surface area (TPSA) is 51.1 Å². The Hall–Kier alpha value is -2.47. The second-order valence-corrected chi connectivity index (χ2v) is 7.51. The molecule has 136 valence electrons. The maximum atomic E-state index is 12.7. The van der Waals surface area contributed by atoms with Crippen LogP contribution < -0.4 is 9.47 Å². The normalized spacial score (nSPS) is 18.2. The van der Waals surface area contributed by atoms with E-state index in [9.17, 15) is 4.79 Å². The Kier molecular flexibility index (Phi) is 5.83. The molecule has 5 nitrogen and oxygen atoms in total. The van der Waals surface area contributed by atoms with Gasteiger partial charge in [0.2, 0.25) is 0 Å². The van der Waals surface area contributed by atoms with E-state index < -0.39 is 0 Å². The number of para-hydroxylation sites is 2. The molecule has 0 radical (unpaired) electrons. The zero-order valence-electron chi connectivity index (χ0n) is 15.1. The highest BCUT2D eigenvalue weighted by molar-refractivity contribution is 8.14. The van der Waals surface area contributed by atoms with Gasteiger partial charge in [-0.1, -0.05) is 43.0 Å². The van der Waals surface area contributed by atoms with Crippen LogP contribution >= 0.6 is 11.8 Å². The standard InChI is InChI=1S/C20H22N2O3S/c1-14-7-6-8-16(11-14)21-20-22(12-15(2)26-20)19(23)13-25-18-10-5-4-9-17(18)24-3/h4-11,15H,12-13H2,1-3H3/t15-/m1/s1. The summed E-state index contributed by atoms with van der Waals surface area (Å²) in [5, 5.41) is 1.02. The highest BCUT2D eigenvalue weighted by atomic mass is 32.2. The zero-order valence-corrected chi connectivity index (χ0v) is 16.0. The molecule has 0 bridgehead atoms. The summed E-state index contributed by atoms with van der Waals surface area (Å²) in [7, 11) is 1.58. The first-order valence-corrected chi connectivity index (χ1v) is 9.33. The average Bonchev–Trinajstić information content (AvgIpc) is 3.00. The lowest BCUT2D eigenvalue weighted by Gasteiger charge is -2.17. The van der Waals surface area contributed by atoms with E-state index in [1.807, 2.05) is 43.3 Å². The van der Waals surface area contributed by atoms with Crippen molar-refractivity contribution in [3.63, 3.8) is 0 Å².